The highest BCUT2D eigenvalue weighted by Crippen LogP contribution is 2.40. The van der Waals surface area contributed by atoms with Crippen molar-refractivity contribution < 1.29 is 9.13 Å². The molecule has 22 heavy (non-hydrogen) atoms. The van der Waals surface area contributed by atoms with Crippen molar-refractivity contribution >= 4 is 35.8 Å². The molecule has 2 aromatic heterocycles. The molecule has 2 aromatic rings. The molecule has 0 radical (unpaired) electrons. The van der Waals surface area contributed by atoms with E-state index in [1.54, 1.807) is 0 Å². The van der Waals surface area contributed by atoms with Gasteiger partial charge in [-0.2, -0.15) is 0 Å². The summed E-state index contributed by atoms with van der Waals surface area (Å²) in [5.41, 5.74) is 2.64. The van der Waals surface area contributed by atoms with Crippen LogP contribution in [0.25, 0.3) is 11.0 Å². The summed E-state index contributed by atoms with van der Waals surface area (Å²) in [6, 6.07) is 0. The number of aromatic nitrogens is 2. The Bertz CT molecular complexity index is 656. The van der Waals surface area contributed by atoms with Crippen molar-refractivity contribution in [3.8, 4) is 5.75 Å². The molecule has 122 valence electrons. The third-order valence-corrected chi connectivity index (χ3v) is 4.41. The topological polar surface area (TPSA) is 49.9 Å². The highest BCUT2D eigenvalue weighted by atomic mass is 35.5. The smallest absolute Gasteiger partial charge is 0.149 e. The van der Waals surface area contributed by atoms with E-state index >= 15 is 0 Å². The maximum absolute atomic E-state index is 14.4. The third kappa shape index (κ3) is 2.77. The lowest BCUT2D eigenvalue weighted by atomic mass is 9.88. The van der Waals surface area contributed by atoms with Crippen molar-refractivity contribution in [2.24, 2.45) is 0 Å². The Labute approximate surface area is 141 Å². The quantitative estimate of drug-likeness (QED) is 0.831. The average molecular weight is 348 g/mol. The zero-order chi connectivity index (χ0) is 13.5. The molecule has 1 fully saturated rings. The minimum Gasteiger partial charge on any atom is -0.491 e. The van der Waals surface area contributed by atoms with Gasteiger partial charge in [0.2, 0.25) is 0 Å². The number of hydrogen-bond donors (Lipinski definition) is 2. The number of nitrogens with zero attached hydrogens (tertiary/aromatic N) is 1. The van der Waals surface area contributed by atoms with Gasteiger partial charge in [0.15, 0.2) is 0 Å². The normalized spacial score (nSPS) is 18.0. The highest BCUT2D eigenvalue weighted by Gasteiger charge is 2.27. The minimum absolute atomic E-state index is 0. The molecule has 1 saturated heterocycles. The first kappa shape index (κ1) is 17.3. The van der Waals surface area contributed by atoms with E-state index in [2.05, 4.69) is 15.3 Å². The van der Waals surface area contributed by atoms with E-state index in [1.807, 2.05) is 0 Å². The van der Waals surface area contributed by atoms with E-state index in [4.69, 9.17) is 4.74 Å². The van der Waals surface area contributed by atoms with Gasteiger partial charge >= 0.3 is 0 Å². The Balaban J connectivity index is 0.000000882. The van der Waals surface area contributed by atoms with Crippen LogP contribution in [0, 0.1) is 5.82 Å². The Morgan fingerprint density at radius 2 is 2.00 bits per heavy atom. The molecule has 2 aliphatic heterocycles. The second kappa shape index (κ2) is 7.02. The van der Waals surface area contributed by atoms with Gasteiger partial charge in [-0.15, -0.1) is 24.8 Å². The molecule has 0 aliphatic carbocycles. The molecule has 0 aromatic carbocycles. The number of aryl methyl sites for hydroxylation is 1. The van der Waals surface area contributed by atoms with E-state index in [9.17, 15) is 4.39 Å². The fraction of sp³-hybridized carbons (Fsp3) is 0.533. The maximum Gasteiger partial charge on any atom is 0.149 e. The first-order chi connectivity index (χ1) is 9.84. The van der Waals surface area contributed by atoms with E-state index < -0.39 is 0 Å². The van der Waals surface area contributed by atoms with Crippen molar-refractivity contribution in [3.05, 3.63) is 23.3 Å². The van der Waals surface area contributed by atoms with Crippen LogP contribution >= 0.6 is 24.8 Å². The molecule has 0 atom stereocenters. The van der Waals surface area contributed by atoms with Gasteiger partial charge < -0.3 is 15.0 Å². The van der Waals surface area contributed by atoms with Gasteiger partial charge in [-0.25, -0.2) is 9.37 Å². The minimum atomic E-state index is -0.194. The SMILES string of the molecule is Cl.Cl.Fc1cnc2[nH]c3c(c2c1C1CCNCC1)OCCC3. The van der Waals surface area contributed by atoms with Crippen molar-refractivity contribution in [2.75, 3.05) is 19.7 Å². The van der Waals surface area contributed by atoms with Gasteiger partial charge in [-0.05, 0) is 44.7 Å². The Kier molecular flexibility index (Phi) is 5.53. The van der Waals surface area contributed by atoms with E-state index in [1.165, 1.54) is 6.20 Å². The first-order valence-corrected chi connectivity index (χ1v) is 7.37. The second-order valence-electron chi connectivity index (χ2n) is 5.65. The summed E-state index contributed by atoms with van der Waals surface area (Å²) in [4.78, 5) is 7.52. The summed E-state index contributed by atoms with van der Waals surface area (Å²) in [7, 11) is 0. The molecule has 7 heteroatoms. The lowest BCUT2D eigenvalue weighted by Gasteiger charge is -2.24. The Morgan fingerprint density at radius 3 is 2.77 bits per heavy atom. The fourth-order valence-electron chi connectivity index (χ4n) is 3.45. The predicted molar refractivity (Wildman–Crippen MR) is 89.2 cm³/mol. The monoisotopic (exact) mass is 347 g/mol. The van der Waals surface area contributed by atoms with Crippen LogP contribution in [0.2, 0.25) is 0 Å². The Morgan fingerprint density at radius 1 is 1.23 bits per heavy atom. The summed E-state index contributed by atoms with van der Waals surface area (Å²) < 4.78 is 20.2. The molecular formula is C15H20Cl2FN3O. The molecule has 0 unspecified atom stereocenters. The molecule has 2 aliphatic rings. The molecule has 0 amide bonds. The largest absolute Gasteiger partial charge is 0.491 e. The van der Waals surface area contributed by atoms with Crippen molar-refractivity contribution in [1.29, 1.82) is 0 Å². The van der Waals surface area contributed by atoms with Gasteiger partial charge in [0.1, 0.15) is 17.2 Å². The summed E-state index contributed by atoms with van der Waals surface area (Å²) in [6.45, 7) is 2.60. The van der Waals surface area contributed by atoms with Crippen LogP contribution < -0.4 is 10.1 Å². The summed E-state index contributed by atoms with van der Waals surface area (Å²) in [5.74, 6) is 0.902. The first-order valence-electron chi connectivity index (χ1n) is 7.37. The number of nitrogens with one attached hydrogen (secondary N) is 2. The van der Waals surface area contributed by atoms with Gasteiger partial charge in [0, 0.05) is 5.56 Å². The molecule has 0 saturated carbocycles. The molecule has 0 spiro atoms. The standard InChI is InChI=1S/C15H18FN3O.2ClH/c16-10-8-18-15-13(12(10)9-3-5-17-6-4-9)14-11(19-15)2-1-7-20-14;;/h8-9,17H,1-7H2,(H,18,19);2*1H. The molecule has 4 nitrogen and oxygen atoms in total. The summed E-state index contributed by atoms with van der Waals surface area (Å²) in [5, 5.41) is 4.21. The van der Waals surface area contributed by atoms with Crippen molar-refractivity contribution in [1.82, 2.24) is 15.3 Å². The molecule has 4 heterocycles. The van der Waals surface area contributed by atoms with Crippen LogP contribution in [-0.2, 0) is 6.42 Å². The molecular weight excluding hydrogens is 328 g/mol. The zero-order valence-electron chi connectivity index (χ0n) is 12.2. The van der Waals surface area contributed by atoms with E-state index in [0.717, 1.165) is 66.8 Å². The van der Waals surface area contributed by atoms with Gasteiger partial charge in [0.05, 0.1) is 23.9 Å². The summed E-state index contributed by atoms with van der Waals surface area (Å²) >= 11 is 0. The Hall–Kier alpha value is -1.04. The van der Waals surface area contributed by atoms with Gasteiger partial charge in [-0.3, -0.25) is 0 Å². The van der Waals surface area contributed by atoms with Crippen LogP contribution in [0.4, 0.5) is 4.39 Å². The maximum atomic E-state index is 14.4. The van der Waals surface area contributed by atoms with Crippen molar-refractivity contribution in [2.45, 2.75) is 31.6 Å². The number of H-pyrrole nitrogens is 1. The molecule has 4 rings (SSSR count). The molecule has 0 bridgehead atoms. The van der Waals surface area contributed by atoms with Crippen LogP contribution in [-0.4, -0.2) is 29.7 Å². The number of ether oxygens (including phenoxy) is 1. The average Bonchev–Trinajstić information content (AvgIpc) is 2.87. The molecule has 2 N–H and O–H groups in total. The number of rotatable bonds is 1. The number of hydrogen-bond acceptors (Lipinski definition) is 3. The number of piperidine rings is 1. The van der Waals surface area contributed by atoms with Crippen LogP contribution in [0.3, 0.4) is 0 Å². The second-order valence-corrected chi connectivity index (χ2v) is 5.65. The van der Waals surface area contributed by atoms with Crippen molar-refractivity contribution in [3.63, 3.8) is 0 Å². The van der Waals surface area contributed by atoms with E-state index in [0.29, 0.717) is 6.61 Å². The van der Waals surface area contributed by atoms with Crippen LogP contribution in [0.15, 0.2) is 6.20 Å². The summed E-state index contributed by atoms with van der Waals surface area (Å²) in [6.07, 6.45) is 5.25. The van der Waals surface area contributed by atoms with Crippen LogP contribution in [0.5, 0.6) is 5.75 Å². The van der Waals surface area contributed by atoms with E-state index in [-0.39, 0.29) is 36.5 Å². The van der Waals surface area contributed by atoms with Gasteiger partial charge in [-0.1, -0.05) is 0 Å². The fourth-order valence-corrected chi connectivity index (χ4v) is 3.45. The number of fused-ring (bicyclic) bond motifs is 3. The zero-order valence-corrected chi connectivity index (χ0v) is 13.8. The predicted octanol–water partition coefficient (Wildman–Crippen LogP) is 3.34. The number of halogens is 3. The number of aromatic amines is 1. The van der Waals surface area contributed by atoms with Crippen LogP contribution in [0.1, 0.15) is 36.4 Å². The lowest BCUT2D eigenvalue weighted by molar-refractivity contribution is 0.290. The third-order valence-electron chi connectivity index (χ3n) is 4.41. The van der Waals surface area contributed by atoms with Gasteiger partial charge in [0.25, 0.3) is 0 Å². The number of pyridine rings is 1. The lowest BCUT2D eigenvalue weighted by Crippen LogP contribution is -2.27. The highest BCUT2D eigenvalue weighted by molar-refractivity contribution is 5.89.